The lowest BCUT2D eigenvalue weighted by atomic mass is 10.1. The van der Waals surface area contributed by atoms with Crippen molar-refractivity contribution < 1.29 is 14.7 Å². The van der Waals surface area contributed by atoms with E-state index in [2.05, 4.69) is 11.9 Å². The number of amides is 2. The molecule has 1 unspecified atom stereocenters. The molecule has 0 bridgehead atoms. The molecular formula is C12H20N2O3. The summed E-state index contributed by atoms with van der Waals surface area (Å²) in [6, 6.07) is -0.146. The summed E-state index contributed by atoms with van der Waals surface area (Å²) < 4.78 is 0. The predicted molar refractivity (Wildman–Crippen MR) is 64.8 cm³/mol. The summed E-state index contributed by atoms with van der Waals surface area (Å²) in [5.74, 6) is -1.22. The highest BCUT2D eigenvalue weighted by atomic mass is 16.4. The van der Waals surface area contributed by atoms with Gasteiger partial charge in [0.25, 0.3) is 0 Å². The van der Waals surface area contributed by atoms with Crippen molar-refractivity contribution in [1.82, 2.24) is 10.2 Å². The van der Waals surface area contributed by atoms with Crippen LogP contribution in [0.5, 0.6) is 0 Å². The van der Waals surface area contributed by atoms with Gasteiger partial charge in [-0.15, -0.1) is 6.58 Å². The average molecular weight is 240 g/mol. The van der Waals surface area contributed by atoms with Gasteiger partial charge in [0.05, 0.1) is 5.92 Å². The van der Waals surface area contributed by atoms with Gasteiger partial charge >= 0.3 is 12.0 Å². The lowest BCUT2D eigenvalue weighted by molar-refractivity contribution is -0.141. The fraction of sp³-hybridized carbons (Fsp3) is 0.667. The largest absolute Gasteiger partial charge is 0.481 e. The molecule has 17 heavy (non-hydrogen) atoms. The quantitative estimate of drug-likeness (QED) is 0.545. The van der Waals surface area contributed by atoms with Crippen LogP contribution in [0.3, 0.4) is 0 Å². The van der Waals surface area contributed by atoms with E-state index in [0.717, 1.165) is 19.3 Å². The van der Waals surface area contributed by atoms with Crippen LogP contribution in [0, 0.1) is 5.92 Å². The molecule has 1 atom stereocenters. The van der Waals surface area contributed by atoms with Crippen LogP contribution in [-0.2, 0) is 4.79 Å². The number of carboxylic acid groups (broad SMARTS) is 1. The van der Waals surface area contributed by atoms with Crippen molar-refractivity contribution in [1.29, 1.82) is 0 Å². The van der Waals surface area contributed by atoms with Crippen molar-refractivity contribution in [3.8, 4) is 0 Å². The topological polar surface area (TPSA) is 69.6 Å². The molecule has 1 aliphatic heterocycles. The highest BCUT2D eigenvalue weighted by Gasteiger charge is 2.30. The van der Waals surface area contributed by atoms with E-state index in [9.17, 15) is 9.59 Å². The number of carbonyl (C=O) groups is 2. The van der Waals surface area contributed by atoms with E-state index >= 15 is 0 Å². The maximum absolute atomic E-state index is 11.6. The van der Waals surface area contributed by atoms with Gasteiger partial charge in [-0.25, -0.2) is 4.79 Å². The number of nitrogens with zero attached hydrogens (tertiary/aromatic N) is 1. The van der Waals surface area contributed by atoms with Crippen molar-refractivity contribution >= 4 is 12.0 Å². The highest BCUT2D eigenvalue weighted by molar-refractivity contribution is 5.77. The minimum atomic E-state index is -0.814. The van der Waals surface area contributed by atoms with Gasteiger partial charge in [0.1, 0.15) is 0 Å². The predicted octanol–water partition coefficient (Wildman–Crippen LogP) is 1.46. The van der Waals surface area contributed by atoms with Gasteiger partial charge in [0.2, 0.25) is 0 Å². The molecule has 2 amide bonds. The molecule has 0 spiro atoms. The van der Waals surface area contributed by atoms with Crippen molar-refractivity contribution in [2.24, 2.45) is 5.92 Å². The van der Waals surface area contributed by atoms with Crippen LogP contribution in [-0.4, -0.2) is 41.6 Å². The van der Waals surface area contributed by atoms with Crippen molar-refractivity contribution in [2.75, 3.05) is 19.6 Å². The van der Waals surface area contributed by atoms with E-state index in [1.807, 2.05) is 6.08 Å². The summed E-state index contributed by atoms with van der Waals surface area (Å²) in [5, 5.41) is 11.6. The smallest absolute Gasteiger partial charge is 0.317 e. The Morgan fingerprint density at radius 2 is 2.24 bits per heavy atom. The number of hydrogen-bond acceptors (Lipinski definition) is 2. The first-order chi connectivity index (χ1) is 8.15. The van der Waals surface area contributed by atoms with E-state index in [1.165, 1.54) is 0 Å². The van der Waals surface area contributed by atoms with Crippen LogP contribution in [0.4, 0.5) is 4.79 Å². The SMILES string of the molecule is C=CCCCCNC(=O)N1CCC(C(=O)O)C1. The van der Waals surface area contributed by atoms with Crippen LogP contribution in [0.15, 0.2) is 12.7 Å². The first kappa shape index (κ1) is 13.5. The molecule has 1 saturated heterocycles. The number of nitrogens with one attached hydrogen (secondary N) is 1. The Morgan fingerprint density at radius 1 is 1.47 bits per heavy atom. The van der Waals surface area contributed by atoms with Crippen molar-refractivity contribution in [3.63, 3.8) is 0 Å². The number of urea groups is 1. The molecule has 5 heteroatoms. The Kier molecular flexibility index (Phi) is 5.52. The molecule has 2 N–H and O–H groups in total. The minimum Gasteiger partial charge on any atom is -0.481 e. The zero-order valence-corrected chi connectivity index (χ0v) is 10.0. The molecule has 1 heterocycles. The van der Waals surface area contributed by atoms with Gasteiger partial charge in [0, 0.05) is 19.6 Å². The minimum absolute atomic E-state index is 0.146. The summed E-state index contributed by atoms with van der Waals surface area (Å²) in [7, 11) is 0. The Hall–Kier alpha value is -1.52. The third-order valence-corrected chi connectivity index (χ3v) is 2.94. The Bertz CT molecular complexity index is 291. The third-order valence-electron chi connectivity index (χ3n) is 2.94. The van der Waals surface area contributed by atoms with Crippen LogP contribution < -0.4 is 5.32 Å². The molecule has 0 aromatic heterocycles. The zero-order valence-electron chi connectivity index (χ0n) is 10.0. The van der Waals surface area contributed by atoms with Crippen LogP contribution >= 0.6 is 0 Å². The zero-order chi connectivity index (χ0) is 12.7. The number of hydrogen-bond donors (Lipinski definition) is 2. The number of carbonyl (C=O) groups excluding carboxylic acids is 1. The maximum atomic E-state index is 11.6. The van der Waals surface area contributed by atoms with Gasteiger partial charge in [-0.1, -0.05) is 6.08 Å². The second-order valence-electron chi connectivity index (χ2n) is 4.29. The molecule has 1 aliphatic rings. The molecule has 0 aromatic rings. The van der Waals surface area contributed by atoms with Crippen molar-refractivity contribution in [2.45, 2.75) is 25.7 Å². The number of likely N-dealkylation sites (tertiary alicyclic amines) is 1. The fourth-order valence-electron chi connectivity index (χ4n) is 1.87. The van der Waals surface area contributed by atoms with E-state index in [1.54, 1.807) is 4.90 Å². The second-order valence-corrected chi connectivity index (χ2v) is 4.29. The first-order valence-electron chi connectivity index (χ1n) is 6.01. The molecule has 0 aromatic carbocycles. The first-order valence-corrected chi connectivity index (χ1v) is 6.01. The van der Waals surface area contributed by atoms with Crippen LogP contribution in [0.2, 0.25) is 0 Å². The number of rotatable bonds is 6. The maximum Gasteiger partial charge on any atom is 0.317 e. The van der Waals surface area contributed by atoms with Gasteiger partial charge in [0.15, 0.2) is 0 Å². The highest BCUT2D eigenvalue weighted by Crippen LogP contribution is 2.15. The van der Waals surface area contributed by atoms with E-state index in [4.69, 9.17) is 5.11 Å². The van der Waals surface area contributed by atoms with Crippen molar-refractivity contribution in [3.05, 3.63) is 12.7 Å². The summed E-state index contributed by atoms with van der Waals surface area (Å²) >= 11 is 0. The van der Waals surface area contributed by atoms with Crippen LogP contribution in [0.25, 0.3) is 0 Å². The summed E-state index contributed by atoms with van der Waals surface area (Å²) in [6.45, 7) is 5.13. The Morgan fingerprint density at radius 3 is 2.82 bits per heavy atom. The fourth-order valence-corrected chi connectivity index (χ4v) is 1.87. The standard InChI is InChI=1S/C12H20N2O3/c1-2-3-4-5-7-13-12(17)14-8-6-10(9-14)11(15)16/h2,10H,1,3-9H2,(H,13,17)(H,15,16). The summed E-state index contributed by atoms with van der Waals surface area (Å²) in [5.41, 5.74) is 0. The summed E-state index contributed by atoms with van der Waals surface area (Å²) in [4.78, 5) is 24.0. The molecule has 0 saturated carbocycles. The summed E-state index contributed by atoms with van der Waals surface area (Å²) in [6.07, 6.45) is 5.31. The van der Waals surface area contributed by atoms with E-state index in [0.29, 0.717) is 26.1 Å². The molecule has 1 fully saturated rings. The van der Waals surface area contributed by atoms with E-state index in [-0.39, 0.29) is 6.03 Å². The van der Waals surface area contributed by atoms with Gasteiger partial charge in [-0.2, -0.15) is 0 Å². The molecule has 96 valence electrons. The van der Waals surface area contributed by atoms with E-state index < -0.39 is 11.9 Å². The number of allylic oxidation sites excluding steroid dienone is 1. The average Bonchev–Trinajstić information content (AvgIpc) is 2.78. The molecular weight excluding hydrogens is 220 g/mol. The third kappa shape index (κ3) is 4.46. The lowest BCUT2D eigenvalue weighted by Crippen LogP contribution is -2.39. The number of carboxylic acids is 1. The Labute approximate surface area is 101 Å². The molecule has 0 aliphatic carbocycles. The molecule has 5 nitrogen and oxygen atoms in total. The Balaban J connectivity index is 2.16. The molecule has 1 rings (SSSR count). The second kappa shape index (κ2) is 6.93. The van der Waals surface area contributed by atoms with Gasteiger partial charge < -0.3 is 15.3 Å². The monoisotopic (exact) mass is 240 g/mol. The molecule has 0 radical (unpaired) electrons. The van der Waals surface area contributed by atoms with Gasteiger partial charge in [-0.3, -0.25) is 4.79 Å². The number of unbranched alkanes of at least 4 members (excludes halogenated alkanes) is 2. The lowest BCUT2D eigenvalue weighted by Gasteiger charge is -2.16. The van der Waals surface area contributed by atoms with Crippen LogP contribution in [0.1, 0.15) is 25.7 Å². The number of aliphatic carboxylic acids is 1. The normalized spacial score (nSPS) is 19.1. The van der Waals surface area contributed by atoms with Gasteiger partial charge in [-0.05, 0) is 25.7 Å².